The number of carbonyl (C=O) groups excluding carboxylic acids is 1. The lowest BCUT2D eigenvalue weighted by Gasteiger charge is -2.19. The fourth-order valence-corrected chi connectivity index (χ4v) is 3.41. The molecule has 2 aliphatic carbocycles. The van der Waals surface area contributed by atoms with Gasteiger partial charge in [0, 0.05) is 11.1 Å². The van der Waals surface area contributed by atoms with E-state index >= 15 is 0 Å². The molecule has 1 aromatic carbocycles. The normalized spacial score (nSPS) is 26.3. The van der Waals surface area contributed by atoms with Gasteiger partial charge in [0.15, 0.2) is 0 Å². The van der Waals surface area contributed by atoms with Crippen LogP contribution in [0.1, 0.15) is 37.7 Å². The molecule has 0 spiro atoms. The van der Waals surface area contributed by atoms with Gasteiger partial charge in [0.25, 0.3) is 0 Å². The van der Waals surface area contributed by atoms with Crippen molar-refractivity contribution in [3.63, 3.8) is 0 Å². The van der Waals surface area contributed by atoms with Crippen molar-refractivity contribution < 1.29 is 14.7 Å². The fourth-order valence-electron chi connectivity index (χ4n) is 3.22. The number of carbonyl (C=O) groups is 2. The predicted molar refractivity (Wildman–Crippen MR) is 79.3 cm³/mol. The highest BCUT2D eigenvalue weighted by Gasteiger charge is 2.52. The highest BCUT2D eigenvalue weighted by Crippen LogP contribution is 2.49. The minimum Gasteiger partial charge on any atom is -0.481 e. The van der Waals surface area contributed by atoms with Gasteiger partial charge in [-0.15, -0.1) is 0 Å². The van der Waals surface area contributed by atoms with Gasteiger partial charge in [-0.2, -0.15) is 0 Å². The molecule has 112 valence electrons. The standard InChI is InChI=1S/C16H18ClNO3/c17-12-3-1-2-11(9-12)16(6-7-16)15(21)18-13-5-4-10(8-13)14(19)20/h1-3,9-10,13H,4-8H2,(H,18,21)(H,19,20)/t10-,13+/m0/s1. The van der Waals surface area contributed by atoms with Crippen molar-refractivity contribution in [1.29, 1.82) is 0 Å². The van der Waals surface area contributed by atoms with E-state index in [2.05, 4.69) is 5.32 Å². The molecule has 2 N–H and O–H groups in total. The number of amides is 1. The maximum absolute atomic E-state index is 12.6. The van der Waals surface area contributed by atoms with E-state index < -0.39 is 11.4 Å². The van der Waals surface area contributed by atoms with Gasteiger partial charge in [-0.25, -0.2) is 0 Å². The molecule has 0 bridgehead atoms. The van der Waals surface area contributed by atoms with E-state index in [4.69, 9.17) is 16.7 Å². The summed E-state index contributed by atoms with van der Waals surface area (Å²) < 4.78 is 0. The van der Waals surface area contributed by atoms with E-state index in [1.807, 2.05) is 18.2 Å². The molecule has 5 heteroatoms. The number of rotatable bonds is 4. The molecule has 1 aromatic rings. The van der Waals surface area contributed by atoms with Crippen molar-refractivity contribution >= 4 is 23.5 Å². The van der Waals surface area contributed by atoms with E-state index in [-0.39, 0.29) is 17.9 Å². The number of carboxylic acids is 1. The van der Waals surface area contributed by atoms with E-state index in [0.29, 0.717) is 17.9 Å². The molecule has 0 saturated heterocycles. The van der Waals surface area contributed by atoms with Crippen LogP contribution in [0, 0.1) is 5.92 Å². The minimum atomic E-state index is -0.761. The smallest absolute Gasteiger partial charge is 0.306 e. The number of aliphatic carboxylic acids is 1. The highest BCUT2D eigenvalue weighted by molar-refractivity contribution is 6.30. The third-order valence-electron chi connectivity index (χ3n) is 4.68. The predicted octanol–water partition coefficient (Wildman–Crippen LogP) is 2.74. The fraction of sp³-hybridized carbons (Fsp3) is 0.500. The lowest BCUT2D eigenvalue weighted by molar-refractivity contribution is -0.141. The molecule has 3 rings (SSSR count). The zero-order chi connectivity index (χ0) is 15.0. The Bertz CT molecular complexity index is 583. The largest absolute Gasteiger partial charge is 0.481 e. The van der Waals surface area contributed by atoms with Gasteiger partial charge in [-0.05, 0) is 49.8 Å². The van der Waals surface area contributed by atoms with Crippen LogP contribution in [0.25, 0.3) is 0 Å². The first-order valence-corrected chi connectivity index (χ1v) is 7.69. The molecule has 0 heterocycles. The zero-order valence-electron chi connectivity index (χ0n) is 11.6. The van der Waals surface area contributed by atoms with Crippen molar-refractivity contribution in [3.8, 4) is 0 Å². The second kappa shape index (κ2) is 5.34. The number of hydrogen-bond acceptors (Lipinski definition) is 2. The first-order valence-electron chi connectivity index (χ1n) is 7.31. The van der Waals surface area contributed by atoms with Crippen LogP contribution in [0.2, 0.25) is 5.02 Å². The molecule has 0 aliphatic heterocycles. The Morgan fingerprint density at radius 1 is 1.29 bits per heavy atom. The lowest BCUT2D eigenvalue weighted by atomic mass is 9.94. The number of benzene rings is 1. The molecule has 1 amide bonds. The molecule has 21 heavy (non-hydrogen) atoms. The first-order chi connectivity index (χ1) is 10.0. The molecular weight excluding hydrogens is 290 g/mol. The van der Waals surface area contributed by atoms with Crippen molar-refractivity contribution in [2.24, 2.45) is 5.92 Å². The summed E-state index contributed by atoms with van der Waals surface area (Å²) in [6.07, 6.45) is 3.58. The van der Waals surface area contributed by atoms with Crippen molar-refractivity contribution in [1.82, 2.24) is 5.32 Å². The highest BCUT2D eigenvalue weighted by atomic mass is 35.5. The van der Waals surface area contributed by atoms with Gasteiger partial charge in [0.1, 0.15) is 0 Å². The second-order valence-corrected chi connectivity index (χ2v) is 6.55. The van der Waals surface area contributed by atoms with Gasteiger partial charge in [0.05, 0.1) is 11.3 Å². The summed E-state index contributed by atoms with van der Waals surface area (Å²) in [5.74, 6) is -1.07. The number of halogens is 1. The number of hydrogen-bond donors (Lipinski definition) is 2. The van der Waals surface area contributed by atoms with Crippen LogP contribution < -0.4 is 5.32 Å². The average Bonchev–Trinajstić information content (AvgIpc) is 3.13. The lowest BCUT2D eigenvalue weighted by Crippen LogP contribution is -2.40. The third kappa shape index (κ3) is 2.77. The van der Waals surface area contributed by atoms with Crippen LogP contribution in [0.15, 0.2) is 24.3 Å². The topological polar surface area (TPSA) is 66.4 Å². The maximum Gasteiger partial charge on any atom is 0.306 e. The molecule has 2 saturated carbocycles. The summed E-state index contributed by atoms with van der Waals surface area (Å²) in [7, 11) is 0. The van der Waals surface area contributed by atoms with Crippen molar-refractivity contribution in [3.05, 3.63) is 34.9 Å². The Kier molecular flexibility index (Phi) is 3.66. The van der Waals surface area contributed by atoms with Crippen LogP contribution >= 0.6 is 11.6 Å². The van der Waals surface area contributed by atoms with Crippen LogP contribution in [-0.2, 0) is 15.0 Å². The molecule has 4 nitrogen and oxygen atoms in total. The van der Waals surface area contributed by atoms with Crippen LogP contribution in [0.3, 0.4) is 0 Å². The Hall–Kier alpha value is -1.55. The molecule has 0 aromatic heterocycles. The number of carboxylic acid groups (broad SMARTS) is 1. The van der Waals surface area contributed by atoms with E-state index in [9.17, 15) is 9.59 Å². The zero-order valence-corrected chi connectivity index (χ0v) is 12.4. The third-order valence-corrected chi connectivity index (χ3v) is 4.91. The van der Waals surface area contributed by atoms with Crippen LogP contribution in [0.5, 0.6) is 0 Å². The monoisotopic (exact) mass is 307 g/mol. The van der Waals surface area contributed by atoms with Gasteiger partial charge in [-0.3, -0.25) is 9.59 Å². The second-order valence-electron chi connectivity index (χ2n) is 6.11. The van der Waals surface area contributed by atoms with Crippen LogP contribution in [-0.4, -0.2) is 23.0 Å². The molecular formula is C16H18ClNO3. The Morgan fingerprint density at radius 2 is 2.05 bits per heavy atom. The van der Waals surface area contributed by atoms with E-state index in [1.54, 1.807) is 6.07 Å². The molecule has 0 radical (unpaired) electrons. The summed E-state index contributed by atoms with van der Waals surface area (Å²) in [6, 6.07) is 7.43. The summed E-state index contributed by atoms with van der Waals surface area (Å²) in [4.78, 5) is 23.5. The van der Waals surface area contributed by atoms with Gasteiger partial charge < -0.3 is 10.4 Å². The summed E-state index contributed by atoms with van der Waals surface area (Å²) in [5.41, 5.74) is 0.506. The van der Waals surface area contributed by atoms with Gasteiger partial charge in [0.2, 0.25) is 5.91 Å². The molecule has 0 unspecified atom stereocenters. The van der Waals surface area contributed by atoms with Crippen molar-refractivity contribution in [2.45, 2.75) is 43.6 Å². The summed E-state index contributed by atoms with van der Waals surface area (Å²) >= 11 is 6.01. The average molecular weight is 308 g/mol. The molecule has 2 aliphatic rings. The number of nitrogens with one attached hydrogen (secondary N) is 1. The summed E-state index contributed by atoms with van der Waals surface area (Å²) in [6.45, 7) is 0. The minimum absolute atomic E-state index is 0.0146. The molecule has 2 atom stereocenters. The van der Waals surface area contributed by atoms with E-state index in [0.717, 1.165) is 24.8 Å². The Morgan fingerprint density at radius 3 is 2.62 bits per heavy atom. The van der Waals surface area contributed by atoms with Gasteiger partial charge in [-0.1, -0.05) is 23.7 Å². The van der Waals surface area contributed by atoms with Crippen molar-refractivity contribution in [2.75, 3.05) is 0 Å². The Balaban J connectivity index is 1.67. The molecule has 2 fully saturated rings. The maximum atomic E-state index is 12.6. The SMILES string of the molecule is O=C(O)[C@H]1CC[C@@H](NC(=O)C2(c3cccc(Cl)c3)CC2)C1. The van der Waals surface area contributed by atoms with Crippen LogP contribution in [0.4, 0.5) is 0 Å². The first kappa shape index (κ1) is 14.4. The van der Waals surface area contributed by atoms with Gasteiger partial charge >= 0.3 is 5.97 Å². The quantitative estimate of drug-likeness (QED) is 0.899. The Labute approximate surface area is 128 Å². The van der Waals surface area contributed by atoms with E-state index in [1.165, 1.54) is 0 Å². The summed E-state index contributed by atoms with van der Waals surface area (Å²) in [5, 5.41) is 12.7.